The van der Waals surface area contributed by atoms with Gasteiger partial charge in [0, 0.05) is 11.4 Å². The average Bonchev–Trinajstić information content (AvgIpc) is 2.89. The van der Waals surface area contributed by atoms with Gasteiger partial charge in [-0.1, -0.05) is 39.5 Å². The molecule has 0 fully saturated rings. The molecule has 0 bridgehead atoms. The van der Waals surface area contributed by atoms with Crippen molar-refractivity contribution in [1.29, 1.82) is 5.26 Å². The topological polar surface area (TPSA) is 87.8 Å². The van der Waals surface area contributed by atoms with Gasteiger partial charge in [-0.15, -0.1) is 11.3 Å². The number of amides is 1. The minimum atomic E-state index is -0.922. The van der Waals surface area contributed by atoms with Gasteiger partial charge in [-0.3, -0.25) is 14.2 Å². The normalized spacial score (nSPS) is 13.7. The molecule has 1 atom stereocenters. The van der Waals surface area contributed by atoms with E-state index in [1.54, 1.807) is 11.5 Å². The molecule has 2 aromatic heterocycles. The molecule has 8 heteroatoms. The first kappa shape index (κ1) is 22.4. The van der Waals surface area contributed by atoms with Crippen molar-refractivity contribution in [3.8, 4) is 6.07 Å². The molecule has 0 unspecified atom stereocenters. The van der Waals surface area contributed by atoms with Gasteiger partial charge >= 0.3 is 0 Å². The largest absolute Gasteiger partial charge is 0.337 e. The third-order valence-electron chi connectivity index (χ3n) is 4.92. The highest BCUT2D eigenvalue weighted by Gasteiger charge is 2.30. The van der Waals surface area contributed by atoms with E-state index in [1.807, 2.05) is 41.5 Å². The molecule has 0 aliphatic carbocycles. The maximum absolute atomic E-state index is 13.1. The molecule has 0 radical (unpaired) electrons. The summed E-state index contributed by atoms with van der Waals surface area (Å²) in [6.45, 7) is 14.1. The van der Waals surface area contributed by atoms with Crippen molar-refractivity contribution < 1.29 is 4.79 Å². The van der Waals surface area contributed by atoms with E-state index < -0.39 is 5.54 Å². The Labute approximate surface area is 174 Å². The van der Waals surface area contributed by atoms with Crippen LogP contribution in [0.3, 0.4) is 0 Å². The van der Waals surface area contributed by atoms with E-state index in [-0.39, 0.29) is 29.1 Å². The Morgan fingerprint density at radius 3 is 2.54 bits per heavy atom. The van der Waals surface area contributed by atoms with E-state index in [9.17, 15) is 14.9 Å². The SMILES string of the molecule is Cc1sc2nc(SCC(=O)N[C@@](C)(C#N)C(C)C)n(CC(C)C)c(=O)c2c1C. The lowest BCUT2D eigenvalue weighted by atomic mass is 9.90. The predicted octanol–water partition coefficient (Wildman–Crippen LogP) is 3.88. The summed E-state index contributed by atoms with van der Waals surface area (Å²) in [5, 5.41) is 13.4. The quantitative estimate of drug-likeness (QED) is 0.542. The van der Waals surface area contributed by atoms with Crippen LogP contribution in [0, 0.1) is 37.0 Å². The van der Waals surface area contributed by atoms with Crippen molar-refractivity contribution in [2.75, 3.05) is 5.75 Å². The monoisotopic (exact) mass is 420 g/mol. The maximum atomic E-state index is 13.1. The fourth-order valence-corrected chi connectivity index (χ4v) is 4.58. The second kappa shape index (κ2) is 8.66. The summed E-state index contributed by atoms with van der Waals surface area (Å²) in [7, 11) is 0. The number of thioether (sulfide) groups is 1. The zero-order valence-electron chi connectivity index (χ0n) is 17.5. The van der Waals surface area contributed by atoms with Crippen molar-refractivity contribution in [2.45, 2.75) is 65.7 Å². The van der Waals surface area contributed by atoms with Gasteiger partial charge in [0.2, 0.25) is 5.91 Å². The van der Waals surface area contributed by atoms with Crippen LogP contribution in [-0.2, 0) is 11.3 Å². The molecule has 6 nitrogen and oxygen atoms in total. The van der Waals surface area contributed by atoms with Gasteiger partial charge in [0.05, 0.1) is 17.2 Å². The van der Waals surface area contributed by atoms with Crippen LogP contribution in [0.4, 0.5) is 0 Å². The van der Waals surface area contributed by atoms with Crippen LogP contribution in [0.2, 0.25) is 0 Å². The first-order chi connectivity index (χ1) is 13.0. The van der Waals surface area contributed by atoms with Crippen molar-refractivity contribution in [1.82, 2.24) is 14.9 Å². The number of aryl methyl sites for hydroxylation is 2. The van der Waals surface area contributed by atoms with E-state index in [0.29, 0.717) is 21.9 Å². The first-order valence-electron chi connectivity index (χ1n) is 9.35. The lowest BCUT2D eigenvalue weighted by Gasteiger charge is -2.27. The second-order valence-electron chi connectivity index (χ2n) is 7.97. The predicted molar refractivity (Wildman–Crippen MR) is 116 cm³/mol. The van der Waals surface area contributed by atoms with Crippen LogP contribution in [0.25, 0.3) is 10.2 Å². The van der Waals surface area contributed by atoms with Crippen molar-refractivity contribution >= 4 is 39.2 Å². The second-order valence-corrected chi connectivity index (χ2v) is 10.1. The van der Waals surface area contributed by atoms with Crippen LogP contribution in [0.5, 0.6) is 0 Å². The van der Waals surface area contributed by atoms with Gasteiger partial charge in [-0.05, 0) is 38.2 Å². The molecular weight excluding hydrogens is 392 g/mol. The Morgan fingerprint density at radius 2 is 2.00 bits per heavy atom. The minimum Gasteiger partial charge on any atom is -0.337 e. The number of carbonyl (C=O) groups excluding carboxylic acids is 1. The summed E-state index contributed by atoms with van der Waals surface area (Å²) in [5.74, 6) is 0.112. The molecule has 0 aliphatic rings. The van der Waals surface area contributed by atoms with Gasteiger partial charge in [0.25, 0.3) is 5.56 Å². The average molecular weight is 421 g/mol. The molecular formula is C20H28N4O2S2. The van der Waals surface area contributed by atoms with Crippen LogP contribution < -0.4 is 10.9 Å². The zero-order chi connectivity index (χ0) is 21.2. The number of fused-ring (bicyclic) bond motifs is 1. The van der Waals surface area contributed by atoms with Crippen molar-refractivity contribution in [2.24, 2.45) is 11.8 Å². The number of thiophene rings is 1. The minimum absolute atomic E-state index is 0.0166. The van der Waals surface area contributed by atoms with Crippen molar-refractivity contribution in [3.63, 3.8) is 0 Å². The fourth-order valence-electron chi connectivity index (χ4n) is 2.70. The number of nitriles is 1. The molecule has 2 heterocycles. The van der Waals surface area contributed by atoms with E-state index in [0.717, 1.165) is 10.4 Å². The van der Waals surface area contributed by atoms with E-state index in [1.165, 1.54) is 23.1 Å². The maximum Gasteiger partial charge on any atom is 0.263 e. The van der Waals surface area contributed by atoms with Gasteiger partial charge in [0.15, 0.2) is 5.16 Å². The Morgan fingerprint density at radius 1 is 1.36 bits per heavy atom. The molecule has 0 spiro atoms. The van der Waals surface area contributed by atoms with Gasteiger partial charge < -0.3 is 5.32 Å². The Balaban J connectivity index is 2.35. The van der Waals surface area contributed by atoms with Crippen LogP contribution in [0.15, 0.2) is 9.95 Å². The molecule has 0 aliphatic heterocycles. The van der Waals surface area contributed by atoms with Gasteiger partial charge in [-0.25, -0.2) is 4.98 Å². The molecule has 2 rings (SSSR count). The lowest BCUT2D eigenvalue weighted by molar-refractivity contribution is -0.120. The molecule has 0 saturated carbocycles. The molecule has 0 aromatic carbocycles. The zero-order valence-corrected chi connectivity index (χ0v) is 19.2. The summed E-state index contributed by atoms with van der Waals surface area (Å²) in [6, 6.07) is 2.18. The van der Waals surface area contributed by atoms with E-state index >= 15 is 0 Å². The third-order valence-corrected chi connectivity index (χ3v) is 7.00. The first-order valence-corrected chi connectivity index (χ1v) is 11.2. The number of carbonyl (C=O) groups is 1. The van der Waals surface area contributed by atoms with Gasteiger partial charge in [0.1, 0.15) is 10.4 Å². The standard InChI is InChI=1S/C20H28N4O2S2/c1-11(2)8-24-18(26)16-13(5)14(6)28-17(16)22-19(24)27-9-15(25)23-20(7,10-21)12(3)4/h11-12H,8-9H2,1-7H3,(H,23,25)/t20-/m0/s1. The molecule has 28 heavy (non-hydrogen) atoms. The summed E-state index contributed by atoms with van der Waals surface area (Å²) in [5.41, 5.74) is 0.00717. The molecule has 2 aromatic rings. The van der Waals surface area contributed by atoms with Crippen LogP contribution in [0.1, 0.15) is 45.1 Å². The van der Waals surface area contributed by atoms with E-state index in [2.05, 4.69) is 11.4 Å². The van der Waals surface area contributed by atoms with Crippen LogP contribution >= 0.6 is 23.1 Å². The molecule has 1 amide bonds. The highest BCUT2D eigenvalue weighted by Crippen LogP contribution is 2.28. The number of aromatic nitrogens is 2. The number of rotatable bonds is 7. The van der Waals surface area contributed by atoms with Crippen molar-refractivity contribution in [3.05, 3.63) is 20.8 Å². The summed E-state index contributed by atoms with van der Waals surface area (Å²) in [6.07, 6.45) is 0. The van der Waals surface area contributed by atoms with E-state index in [4.69, 9.17) is 4.98 Å². The molecule has 1 N–H and O–H groups in total. The Hall–Kier alpha value is -1.85. The summed E-state index contributed by atoms with van der Waals surface area (Å²) >= 11 is 2.75. The number of hydrogen-bond acceptors (Lipinski definition) is 6. The highest BCUT2D eigenvalue weighted by molar-refractivity contribution is 7.99. The molecule has 152 valence electrons. The Bertz CT molecular complexity index is 985. The lowest BCUT2D eigenvalue weighted by Crippen LogP contribution is -2.49. The Kier molecular flexibility index (Phi) is 6.94. The number of hydrogen-bond donors (Lipinski definition) is 1. The molecule has 0 saturated heterocycles. The third kappa shape index (κ3) is 4.58. The number of nitrogens with zero attached hydrogens (tertiary/aromatic N) is 3. The summed E-state index contributed by atoms with van der Waals surface area (Å²) < 4.78 is 1.68. The fraction of sp³-hybridized carbons (Fsp3) is 0.600. The van der Waals surface area contributed by atoms with Gasteiger partial charge in [-0.2, -0.15) is 5.26 Å². The highest BCUT2D eigenvalue weighted by atomic mass is 32.2. The smallest absolute Gasteiger partial charge is 0.263 e. The van der Waals surface area contributed by atoms with Crippen LogP contribution in [-0.4, -0.2) is 26.8 Å². The summed E-state index contributed by atoms with van der Waals surface area (Å²) in [4.78, 5) is 32.0. The number of nitrogens with one attached hydrogen (secondary N) is 1.